The maximum Gasteiger partial charge on any atom is 0.223 e. The smallest absolute Gasteiger partial charge is 0.223 e. The first-order valence-corrected chi connectivity index (χ1v) is 9.74. The van der Waals surface area contributed by atoms with Crippen LogP contribution in [0.5, 0.6) is 5.75 Å². The number of hydrogen-bond donors (Lipinski definition) is 0. The normalized spacial score (nSPS) is 32.3. The quantitative estimate of drug-likeness (QED) is 0.782. The van der Waals surface area contributed by atoms with Gasteiger partial charge in [-0.05, 0) is 51.1 Å². The Bertz CT molecular complexity index is 677. The molecule has 4 rings (SSSR count). The minimum absolute atomic E-state index is 0.0586. The van der Waals surface area contributed by atoms with Crippen molar-refractivity contribution in [3.63, 3.8) is 0 Å². The molecule has 1 spiro atoms. The van der Waals surface area contributed by atoms with Gasteiger partial charge in [0.2, 0.25) is 5.91 Å². The van der Waals surface area contributed by atoms with E-state index in [0.29, 0.717) is 24.4 Å². The summed E-state index contributed by atoms with van der Waals surface area (Å²) in [6.07, 6.45) is 3.98. The number of fused-ring (bicyclic) bond motifs is 1. The fourth-order valence-electron chi connectivity index (χ4n) is 5.28. The summed E-state index contributed by atoms with van der Waals surface area (Å²) in [5.74, 6) is 2.17. The fraction of sp³-hybridized carbons (Fsp3) is 0.667. The molecule has 142 valence electrons. The van der Waals surface area contributed by atoms with E-state index in [1.165, 1.54) is 0 Å². The fourth-order valence-corrected chi connectivity index (χ4v) is 5.28. The molecule has 1 aromatic rings. The number of nitrogens with zero attached hydrogens (tertiary/aromatic N) is 2. The Kier molecular flexibility index (Phi) is 4.70. The van der Waals surface area contributed by atoms with Crippen LogP contribution >= 0.6 is 0 Å². The van der Waals surface area contributed by atoms with Crippen LogP contribution in [-0.4, -0.2) is 68.3 Å². The summed E-state index contributed by atoms with van der Waals surface area (Å²) in [6.45, 7) is 2.71. The first kappa shape index (κ1) is 17.8. The summed E-state index contributed by atoms with van der Waals surface area (Å²) in [5, 5.41) is 0. The molecule has 5 nitrogen and oxygen atoms in total. The SMILES string of the molecule is COc1cccc(CCC(=O)N2C[C@@H]3[C@H](CN(C)C)[C@H]4CC[C@]3(C2)O4)c1. The molecule has 3 heterocycles. The Morgan fingerprint density at radius 1 is 1.42 bits per heavy atom. The molecule has 0 aliphatic carbocycles. The Morgan fingerprint density at radius 2 is 2.27 bits per heavy atom. The first-order valence-electron chi connectivity index (χ1n) is 9.74. The van der Waals surface area contributed by atoms with Gasteiger partial charge in [0.15, 0.2) is 0 Å². The highest BCUT2D eigenvalue weighted by molar-refractivity contribution is 5.77. The second-order valence-corrected chi connectivity index (χ2v) is 8.42. The standard InChI is InChI=1S/C21H30N2O3/c1-22(2)12-17-18-13-23(14-21(18)10-9-19(17)26-21)20(24)8-7-15-5-4-6-16(11-15)25-3/h4-6,11,17-19H,7-10,12-14H2,1-3H3/t17-,18+,19+,21+/m0/s1. The number of rotatable bonds is 6. The molecule has 3 fully saturated rings. The lowest BCUT2D eigenvalue weighted by atomic mass is 9.73. The van der Waals surface area contributed by atoms with Gasteiger partial charge in [0.1, 0.15) is 5.75 Å². The van der Waals surface area contributed by atoms with E-state index < -0.39 is 0 Å². The second-order valence-electron chi connectivity index (χ2n) is 8.42. The van der Waals surface area contributed by atoms with E-state index in [-0.39, 0.29) is 11.5 Å². The third-order valence-electron chi connectivity index (χ3n) is 6.47. The van der Waals surface area contributed by atoms with Crippen molar-refractivity contribution in [1.82, 2.24) is 9.80 Å². The molecule has 3 aliphatic rings. The number of aryl methyl sites for hydroxylation is 1. The monoisotopic (exact) mass is 358 g/mol. The number of amides is 1. The predicted molar refractivity (Wildman–Crippen MR) is 100 cm³/mol. The molecule has 1 amide bonds. The van der Waals surface area contributed by atoms with Gasteiger partial charge >= 0.3 is 0 Å². The lowest BCUT2D eigenvalue weighted by Crippen LogP contribution is -2.40. The number of likely N-dealkylation sites (tertiary alicyclic amines) is 1. The lowest BCUT2D eigenvalue weighted by Gasteiger charge is -2.30. The van der Waals surface area contributed by atoms with Crippen LogP contribution in [0.2, 0.25) is 0 Å². The molecule has 3 saturated heterocycles. The largest absolute Gasteiger partial charge is 0.497 e. The van der Waals surface area contributed by atoms with Crippen LogP contribution in [0, 0.1) is 11.8 Å². The van der Waals surface area contributed by atoms with Gasteiger partial charge in [0.05, 0.1) is 25.4 Å². The second kappa shape index (κ2) is 6.86. The van der Waals surface area contributed by atoms with Gasteiger partial charge in [-0.2, -0.15) is 0 Å². The van der Waals surface area contributed by atoms with Crippen molar-refractivity contribution in [1.29, 1.82) is 0 Å². The van der Waals surface area contributed by atoms with Crippen molar-refractivity contribution < 1.29 is 14.3 Å². The number of ether oxygens (including phenoxy) is 2. The summed E-state index contributed by atoms with van der Waals surface area (Å²) in [7, 11) is 5.93. The molecule has 4 atom stereocenters. The van der Waals surface area contributed by atoms with Crippen LogP contribution < -0.4 is 4.74 Å². The minimum Gasteiger partial charge on any atom is -0.497 e. The Balaban J connectivity index is 1.38. The zero-order chi connectivity index (χ0) is 18.3. The van der Waals surface area contributed by atoms with Crippen LogP contribution in [0.3, 0.4) is 0 Å². The van der Waals surface area contributed by atoms with E-state index in [1.807, 2.05) is 18.2 Å². The van der Waals surface area contributed by atoms with Crippen molar-refractivity contribution in [2.75, 3.05) is 40.8 Å². The first-order chi connectivity index (χ1) is 12.5. The topological polar surface area (TPSA) is 42.0 Å². The molecule has 2 bridgehead atoms. The van der Waals surface area contributed by atoms with E-state index in [4.69, 9.17) is 9.47 Å². The minimum atomic E-state index is -0.0586. The van der Waals surface area contributed by atoms with Crippen LogP contribution in [-0.2, 0) is 16.0 Å². The van der Waals surface area contributed by atoms with E-state index in [0.717, 1.165) is 50.2 Å². The van der Waals surface area contributed by atoms with E-state index in [1.54, 1.807) is 7.11 Å². The number of benzene rings is 1. The van der Waals surface area contributed by atoms with E-state index in [2.05, 4.69) is 30.0 Å². The summed E-state index contributed by atoms with van der Waals surface area (Å²) in [5.41, 5.74) is 1.09. The highest BCUT2D eigenvalue weighted by Gasteiger charge is 2.63. The van der Waals surface area contributed by atoms with E-state index in [9.17, 15) is 4.79 Å². The summed E-state index contributed by atoms with van der Waals surface area (Å²) < 4.78 is 11.7. The van der Waals surface area contributed by atoms with Gasteiger partial charge < -0.3 is 19.3 Å². The Labute approximate surface area is 156 Å². The highest BCUT2D eigenvalue weighted by atomic mass is 16.5. The number of carbonyl (C=O) groups is 1. The summed E-state index contributed by atoms with van der Waals surface area (Å²) in [6, 6.07) is 7.99. The average Bonchev–Trinajstić information content (AvgIpc) is 3.29. The van der Waals surface area contributed by atoms with E-state index >= 15 is 0 Å². The molecule has 0 aromatic heterocycles. The average molecular weight is 358 g/mol. The van der Waals surface area contributed by atoms with Crippen LogP contribution in [0.25, 0.3) is 0 Å². The van der Waals surface area contributed by atoms with Crippen molar-refractivity contribution in [3.8, 4) is 5.75 Å². The molecule has 26 heavy (non-hydrogen) atoms. The van der Waals surface area contributed by atoms with Gasteiger partial charge in [-0.25, -0.2) is 0 Å². The molecule has 0 radical (unpaired) electrons. The van der Waals surface area contributed by atoms with Gasteiger partial charge in [-0.3, -0.25) is 4.79 Å². The lowest BCUT2D eigenvalue weighted by molar-refractivity contribution is -0.131. The molecule has 3 aliphatic heterocycles. The molecule has 1 aromatic carbocycles. The van der Waals surface area contributed by atoms with Gasteiger partial charge in [-0.1, -0.05) is 12.1 Å². The number of methoxy groups -OCH3 is 1. The maximum absolute atomic E-state index is 12.8. The molecular weight excluding hydrogens is 328 g/mol. The summed E-state index contributed by atoms with van der Waals surface area (Å²) in [4.78, 5) is 17.2. The Morgan fingerprint density at radius 3 is 3.04 bits per heavy atom. The number of carbonyl (C=O) groups excluding carboxylic acids is 1. The van der Waals surface area contributed by atoms with Crippen LogP contribution in [0.1, 0.15) is 24.8 Å². The third-order valence-corrected chi connectivity index (χ3v) is 6.47. The summed E-state index contributed by atoms with van der Waals surface area (Å²) >= 11 is 0. The highest BCUT2D eigenvalue weighted by Crippen LogP contribution is 2.54. The molecule has 0 saturated carbocycles. The van der Waals surface area contributed by atoms with Crippen molar-refractivity contribution in [2.24, 2.45) is 11.8 Å². The Hall–Kier alpha value is -1.59. The molecular formula is C21H30N2O3. The predicted octanol–water partition coefficient (Wildman–Crippen LogP) is 2.20. The molecule has 0 N–H and O–H groups in total. The zero-order valence-electron chi connectivity index (χ0n) is 16.1. The van der Waals surface area contributed by atoms with Crippen molar-refractivity contribution in [3.05, 3.63) is 29.8 Å². The molecule has 0 unspecified atom stereocenters. The maximum atomic E-state index is 12.8. The number of hydrogen-bond acceptors (Lipinski definition) is 4. The zero-order valence-corrected chi connectivity index (χ0v) is 16.1. The van der Waals surface area contributed by atoms with Crippen molar-refractivity contribution >= 4 is 5.91 Å². The van der Waals surface area contributed by atoms with Crippen LogP contribution in [0.4, 0.5) is 0 Å². The van der Waals surface area contributed by atoms with Gasteiger partial charge in [0, 0.05) is 31.3 Å². The molecule has 5 heteroatoms. The third kappa shape index (κ3) is 3.12. The van der Waals surface area contributed by atoms with Crippen LogP contribution in [0.15, 0.2) is 24.3 Å². The van der Waals surface area contributed by atoms with Gasteiger partial charge in [0.25, 0.3) is 0 Å². The van der Waals surface area contributed by atoms with Crippen molar-refractivity contribution in [2.45, 2.75) is 37.4 Å². The van der Waals surface area contributed by atoms with Gasteiger partial charge in [-0.15, -0.1) is 0 Å².